The van der Waals surface area contributed by atoms with Crippen LogP contribution in [-0.4, -0.2) is 50.7 Å². The molecule has 0 saturated carbocycles. The smallest absolute Gasteiger partial charge is 0.0638 e. The molecular formula is C9H21NO3. The van der Waals surface area contributed by atoms with Crippen LogP contribution in [-0.2, 0) is 9.47 Å². The van der Waals surface area contributed by atoms with E-state index in [1.165, 1.54) is 0 Å². The highest BCUT2D eigenvalue weighted by atomic mass is 16.5. The lowest BCUT2D eigenvalue weighted by Crippen LogP contribution is -2.43. The molecule has 4 heteroatoms. The molecule has 0 aliphatic carbocycles. The van der Waals surface area contributed by atoms with Gasteiger partial charge in [-0.1, -0.05) is 0 Å². The molecule has 0 saturated heterocycles. The van der Waals surface area contributed by atoms with Crippen molar-refractivity contribution in [2.45, 2.75) is 25.9 Å². The van der Waals surface area contributed by atoms with Gasteiger partial charge in [-0.3, -0.25) is 0 Å². The Morgan fingerprint density at radius 3 is 2.54 bits per heavy atom. The minimum Gasteiger partial charge on any atom is -0.395 e. The van der Waals surface area contributed by atoms with Gasteiger partial charge in [0, 0.05) is 19.8 Å². The Morgan fingerprint density at radius 1 is 1.38 bits per heavy atom. The van der Waals surface area contributed by atoms with Crippen molar-refractivity contribution in [1.29, 1.82) is 0 Å². The average Bonchev–Trinajstić information content (AvgIpc) is 2.14. The third-order valence-corrected chi connectivity index (χ3v) is 1.68. The predicted molar refractivity (Wildman–Crippen MR) is 51.8 cm³/mol. The first-order chi connectivity index (χ1) is 6.24. The van der Waals surface area contributed by atoms with Gasteiger partial charge in [0.1, 0.15) is 0 Å². The molecule has 0 aromatic carbocycles. The van der Waals surface area contributed by atoms with Gasteiger partial charge in [-0.05, 0) is 13.8 Å². The number of hydrogen-bond acceptors (Lipinski definition) is 4. The first-order valence-electron chi connectivity index (χ1n) is 4.68. The number of methoxy groups -OCH3 is 1. The lowest BCUT2D eigenvalue weighted by molar-refractivity contribution is 0.0931. The summed E-state index contributed by atoms with van der Waals surface area (Å²) in [6.45, 7) is 5.98. The van der Waals surface area contributed by atoms with Gasteiger partial charge >= 0.3 is 0 Å². The summed E-state index contributed by atoms with van der Waals surface area (Å²) < 4.78 is 10.2. The monoisotopic (exact) mass is 191 g/mol. The van der Waals surface area contributed by atoms with Crippen LogP contribution in [0.1, 0.15) is 13.8 Å². The summed E-state index contributed by atoms with van der Waals surface area (Å²) in [7, 11) is 1.62. The molecule has 0 fully saturated rings. The van der Waals surface area contributed by atoms with Gasteiger partial charge < -0.3 is 19.9 Å². The normalized spacial score (nSPS) is 15.7. The fourth-order valence-corrected chi connectivity index (χ4v) is 1.10. The molecule has 2 unspecified atom stereocenters. The summed E-state index contributed by atoms with van der Waals surface area (Å²) in [5.41, 5.74) is 0. The molecule has 0 aromatic rings. The van der Waals surface area contributed by atoms with E-state index in [0.717, 1.165) is 6.61 Å². The number of aliphatic hydroxyl groups is 1. The van der Waals surface area contributed by atoms with E-state index >= 15 is 0 Å². The zero-order chi connectivity index (χ0) is 10.1. The molecule has 0 amide bonds. The Labute approximate surface area is 80.2 Å². The highest BCUT2D eigenvalue weighted by molar-refractivity contribution is 4.69. The second-order valence-electron chi connectivity index (χ2n) is 3.06. The third-order valence-electron chi connectivity index (χ3n) is 1.68. The van der Waals surface area contributed by atoms with Crippen LogP contribution in [0.25, 0.3) is 0 Å². The van der Waals surface area contributed by atoms with Crippen molar-refractivity contribution in [3.63, 3.8) is 0 Å². The van der Waals surface area contributed by atoms with E-state index in [0.29, 0.717) is 13.2 Å². The number of hydrogen-bond donors (Lipinski definition) is 2. The van der Waals surface area contributed by atoms with Gasteiger partial charge in [-0.15, -0.1) is 0 Å². The molecule has 0 rings (SSSR count). The summed E-state index contributed by atoms with van der Waals surface area (Å²) >= 11 is 0. The van der Waals surface area contributed by atoms with Gasteiger partial charge in [0.25, 0.3) is 0 Å². The zero-order valence-electron chi connectivity index (χ0n) is 8.75. The molecule has 80 valence electrons. The fraction of sp³-hybridized carbons (Fsp3) is 1.00. The quantitative estimate of drug-likeness (QED) is 0.567. The van der Waals surface area contributed by atoms with Crippen molar-refractivity contribution >= 4 is 0 Å². The van der Waals surface area contributed by atoms with Crippen LogP contribution < -0.4 is 5.32 Å². The van der Waals surface area contributed by atoms with Crippen LogP contribution in [0.15, 0.2) is 0 Å². The maximum atomic E-state index is 8.95. The van der Waals surface area contributed by atoms with Crippen molar-refractivity contribution in [1.82, 2.24) is 5.32 Å². The van der Waals surface area contributed by atoms with Crippen LogP contribution in [0.3, 0.4) is 0 Å². The van der Waals surface area contributed by atoms with Crippen LogP contribution >= 0.6 is 0 Å². The number of ether oxygens (including phenoxy) is 2. The van der Waals surface area contributed by atoms with Crippen molar-refractivity contribution in [2.24, 2.45) is 0 Å². The van der Waals surface area contributed by atoms with Crippen molar-refractivity contribution in [3.05, 3.63) is 0 Å². The minimum absolute atomic E-state index is 0.000422. The SMILES string of the molecule is CCOCC(C)NC(CO)COC. The van der Waals surface area contributed by atoms with Gasteiger partial charge in [0.05, 0.1) is 25.9 Å². The molecule has 2 N–H and O–H groups in total. The molecule has 13 heavy (non-hydrogen) atoms. The second kappa shape index (κ2) is 8.44. The van der Waals surface area contributed by atoms with Crippen LogP contribution in [0.4, 0.5) is 0 Å². The number of aliphatic hydroxyl groups excluding tert-OH is 1. The summed E-state index contributed by atoms with van der Waals surface area (Å²) in [6, 6.07) is 0.243. The highest BCUT2D eigenvalue weighted by Crippen LogP contribution is 1.90. The summed E-state index contributed by atoms with van der Waals surface area (Å²) in [4.78, 5) is 0. The Bertz CT molecular complexity index is 111. The Hall–Kier alpha value is -0.160. The number of nitrogens with one attached hydrogen (secondary N) is 1. The van der Waals surface area contributed by atoms with Crippen molar-refractivity contribution < 1.29 is 14.6 Å². The average molecular weight is 191 g/mol. The van der Waals surface area contributed by atoms with Crippen molar-refractivity contribution in [3.8, 4) is 0 Å². The van der Waals surface area contributed by atoms with E-state index in [2.05, 4.69) is 5.32 Å². The lowest BCUT2D eigenvalue weighted by Gasteiger charge is -2.20. The van der Waals surface area contributed by atoms with E-state index in [4.69, 9.17) is 14.6 Å². The minimum atomic E-state index is 0.000422. The van der Waals surface area contributed by atoms with Gasteiger partial charge in [-0.2, -0.15) is 0 Å². The molecule has 0 aliphatic rings. The molecule has 0 spiro atoms. The molecule has 0 bridgehead atoms. The molecule has 0 radical (unpaired) electrons. The predicted octanol–water partition coefficient (Wildman–Crippen LogP) is 0.00830. The molecular weight excluding hydrogens is 170 g/mol. The molecule has 0 aliphatic heterocycles. The maximum absolute atomic E-state index is 8.95. The first-order valence-corrected chi connectivity index (χ1v) is 4.68. The Kier molecular flexibility index (Phi) is 8.33. The molecule has 2 atom stereocenters. The van der Waals surface area contributed by atoms with E-state index in [9.17, 15) is 0 Å². The summed E-state index contributed by atoms with van der Waals surface area (Å²) in [5.74, 6) is 0. The van der Waals surface area contributed by atoms with E-state index in [-0.39, 0.29) is 18.7 Å². The lowest BCUT2D eigenvalue weighted by atomic mass is 10.2. The fourth-order valence-electron chi connectivity index (χ4n) is 1.10. The number of rotatable bonds is 8. The van der Waals surface area contributed by atoms with Crippen molar-refractivity contribution in [2.75, 3.05) is 33.5 Å². The highest BCUT2D eigenvalue weighted by Gasteiger charge is 2.10. The van der Waals surface area contributed by atoms with Crippen LogP contribution in [0.2, 0.25) is 0 Å². The second-order valence-corrected chi connectivity index (χ2v) is 3.06. The van der Waals surface area contributed by atoms with Crippen LogP contribution in [0, 0.1) is 0 Å². The third kappa shape index (κ3) is 6.95. The Morgan fingerprint density at radius 2 is 2.08 bits per heavy atom. The Balaban J connectivity index is 3.53. The van der Waals surface area contributed by atoms with E-state index in [1.807, 2.05) is 13.8 Å². The maximum Gasteiger partial charge on any atom is 0.0638 e. The first kappa shape index (κ1) is 12.8. The zero-order valence-corrected chi connectivity index (χ0v) is 8.75. The van der Waals surface area contributed by atoms with E-state index in [1.54, 1.807) is 7.11 Å². The van der Waals surface area contributed by atoms with Crippen LogP contribution in [0.5, 0.6) is 0 Å². The van der Waals surface area contributed by atoms with Gasteiger partial charge in [-0.25, -0.2) is 0 Å². The van der Waals surface area contributed by atoms with Gasteiger partial charge in [0.15, 0.2) is 0 Å². The van der Waals surface area contributed by atoms with Gasteiger partial charge in [0.2, 0.25) is 0 Å². The topological polar surface area (TPSA) is 50.7 Å². The van der Waals surface area contributed by atoms with E-state index < -0.39 is 0 Å². The largest absolute Gasteiger partial charge is 0.395 e. The molecule has 0 aromatic heterocycles. The summed E-state index contributed by atoms with van der Waals surface area (Å²) in [5, 5.41) is 12.2. The molecule has 0 heterocycles. The molecule has 4 nitrogen and oxygen atoms in total. The standard InChI is InChI=1S/C9H21NO3/c1-4-13-6-8(2)10-9(5-11)7-12-3/h8-11H,4-7H2,1-3H3. The summed E-state index contributed by atoms with van der Waals surface area (Å²) in [6.07, 6.45) is 0.